The van der Waals surface area contributed by atoms with Gasteiger partial charge in [0.05, 0.1) is 0 Å². The van der Waals surface area contributed by atoms with E-state index in [1.54, 1.807) is 11.1 Å². The van der Waals surface area contributed by atoms with Gasteiger partial charge in [0, 0.05) is 17.4 Å². The van der Waals surface area contributed by atoms with Crippen molar-refractivity contribution in [2.75, 3.05) is 0 Å². The molecule has 0 bridgehead atoms. The molecule has 2 atom stereocenters. The third-order valence-electron chi connectivity index (χ3n) is 6.70. The molecule has 0 aliphatic heterocycles. The molecule has 1 aromatic rings. The van der Waals surface area contributed by atoms with Crippen LogP contribution in [-0.2, 0) is 0 Å². The number of allylic oxidation sites excluding steroid dienone is 12. The fourth-order valence-corrected chi connectivity index (χ4v) is 5.36. The summed E-state index contributed by atoms with van der Waals surface area (Å²) >= 11 is 0. The molecule has 0 saturated carbocycles. The third kappa shape index (κ3) is 2.61. The number of terminal acetylenes is 1. The van der Waals surface area contributed by atoms with E-state index in [0.717, 1.165) is 18.4 Å². The molecule has 28 heavy (non-hydrogen) atoms. The summed E-state index contributed by atoms with van der Waals surface area (Å²) in [5.74, 6) is 3.72. The summed E-state index contributed by atoms with van der Waals surface area (Å²) in [7, 11) is 0. The van der Waals surface area contributed by atoms with Gasteiger partial charge in [0.15, 0.2) is 0 Å². The lowest BCUT2D eigenvalue weighted by molar-refractivity contribution is 0.704. The van der Waals surface area contributed by atoms with Crippen molar-refractivity contribution in [3.05, 3.63) is 99.2 Å². The number of hydrogen-bond acceptors (Lipinski definition) is 0. The van der Waals surface area contributed by atoms with Crippen molar-refractivity contribution in [2.24, 2.45) is 5.92 Å². The molecule has 4 aliphatic rings. The Morgan fingerprint density at radius 3 is 2.86 bits per heavy atom. The van der Waals surface area contributed by atoms with Crippen LogP contribution in [0.1, 0.15) is 62.1 Å². The van der Waals surface area contributed by atoms with E-state index in [1.807, 2.05) is 0 Å². The zero-order valence-corrected chi connectivity index (χ0v) is 16.8. The third-order valence-corrected chi connectivity index (χ3v) is 6.70. The van der Waals surface area contributed by atoms with Gasteiger partial charge < -0.3 is 0 Å². The molecule has 2 unspecified atom stereocenters. The quantitative estimate of drug-likeness (QED) is 0.506. The highest BCUT2D eigenvalue weighted by molar-refractivity contribution is 5.81. The molecular weight excluding hydrogens is 336 g/mol. The maximum absolute atomic E-state index is 5.74. The van der Waals surface area contributed by atoms with Gasteiger partial charge in [0.1, 0.15) is 0 Å². The van der Waals surface area contributed by atoms with Crippen LogP contribution in [0.2, 0.25) is 0 Å². The molecule has 0 radical (unpaired) electrons. The van der Waals surface area contributed by atoms with Gasteiger partial charge in [-0.1, -0.05) is 78.5 Å². The molecule has 0 heterocycles. The van der Waals surface area contributed by atoms with Gasteiger partial charge in [0.2, 0.25) is 0 Å². The molecule has 0 spiro atoms. The van der Waals surface area contributed by atoms with Crippen LogP contribution in [0.25, 0.3) is 5.57 Å². The van der Waals surface area contributed by atoms with E-state index in [9.17, 15) is 0 Å². The van der Waals surface area contributed by atoms with Crippen LogP contribution < -0.4 is 0 Å². The molecule has 138 valence electrons. The van der Waals surface area contributed by atoms with Gasteiger partial charge in [-0.3, -0.25) is 0 Å². The van der Waals surface area contributed by atoms with E-state index in [1.165, 1.54) is 46.3 Å². The Labute approximate surface area is 168 Å². The van der Waals surface area contributed by atoms with Gasteiger partial charge in [-0.25, -0.2) is 0 Å². The van der Waals surface area contributed by atoms with Gasteiger partial charge in [-0.15, -0.1) is 6.42 Å². The lowest BCUT2D eigenvalue weighted by atomic mass is 9.84. The average Bonchev–Trinajstić information content (AvgIpc) is 3.40. The Bertz CT molecular complexity index is 1090. The largest absolute Gasteiger partial charge is 0.115 e. The molecule has 4 aliphatic carbocycles. The van der Waals surface area contributed by atoms with Crippen LogP contribution in [0, 0.1) is 18.3 Å². The highest BCUT2D eigenvalue weighted by Crippen LogP contribution is 2.52. The van der Waals surface area contributed by atoms with E-state index in [-0.39, 0.29) is 0 Å². The van der Waals surface area contributed by atoms with Crippen LogP contribution in [0.5, 0.6) is 0 Å². The number of benzene rings is 1. The van der Waals surface area contributed by atoms with E-state index < -0.39 is 0 Å². The van der Waals surface area contributed by atoms with Crippen LogP contribution >= 0.6 is 0 Å². The van der Waals surface area contributed by atoms with E-state index in [0.29, 0.717) is 11.8 Å². The molecule has 0 amide bonds. The maximum Gasteiger partial charge on any atom is 0.0248 e. The first-order valence-corrected chi connectivity index (χ1v) is 10.5. The lowest BCUT2D eigenvalue weighted by Crippen LogP contribution is -2.05. The first kappa shape index (κ1) is 17.3. The SMILES string of the molecule is C#Cc1ccc2c(c1)C1=CC=C(CCC)C1CC1=C(C3=CC(C)=CC3)C=CC12. The topological polar surface area (TPSA) is 0 Å². The maximum atomic E-state index is 5.74. The predicted molar refractivity (Wildman–Crippen MR) is 119 cm³/mol. The lowest BCUT2D eigenvalue weighted by Gasteiger charge is -2.20. The highest BCUT2D eigenvalue weighted by Gasteiger charge is 2.36. The van der Waals surface area contributed by atoms with Gasteiger partial charge >= 0.3 is 0 Å². The number of rotatable bonds is 3. The minimum absolute atomic E-state index is 0.382. The van der Waals surface area contributed by atoms with Gasteiger partial charge in [-0.05, 0) is 66.2 Å². The minimum atomic E-state index is 0.382. The van der Waals surface area contributed by atoms with Crippen molar-refractivity contribution in [3.63, 3.8) is 0 Å². The standard InChI is InChI=1S/C28H26/c1-4-6-20-10-12-25-26(20)17-28-22(21-9-7-18(3)15-21)13-14-24(28)23-11-8-19(5-2)16-27(23)25/h2,7-8,10-16,24,26H,4,6,9,17H2,1,3H3. The number of fused-ring (bicyclic) bond motifs is 5. The summed E-state index contributed by atoms with van der Waals surface area (Å²) in [5.41, 5.74) is 12.8. The normalized spacial score (nSPS) is 24.6. The summed E-state index contributed by atoms with van der Waals surface area (Å²) in [6.45, 7) is 4.49. The monoisotopic (exact) mass is 362 g/mol. The van der Waals surface area contributed by atoms with Crippen molar-refractivity contribution in [1.29, 1.82) is 0 Å². The molecule has 0 aromatic heterocycles. The Kier molecular flexibility index (Phi) is 4.13. The Balaban J connectivity index is 1.68. The summed E-state index contributed by atoms with van der Waals surface area (Å²) in [6.07, 6.45) is 24.6. The summed E-state index contributed by atoms with van der Waals surface area (Å²) in [6, 6.07) is 6.63. The Morgan fingerprint density at radius 1 is 1.21 bits per heavy atom. The Morgan fingerprint density at radius 2 is 2.11 bits per heavy atom. The van der Waals surface area contributed by atoms with Crippen molar-refractivity contribution in [1.82, 2.24) is 0 Å². The van der Waals surface area contributed by atoms with Crippen LogP contribution in [0.3, 0.4) is 0 Å². The molecule has 0 N–H and O–H groups in total. The smallest absolute Gasteiger partial charge is 0.0248 e. The van der Waals surface area contributed by atoms with E-state index in [4.69, 9.17) is 6.42 Å². The van der Waals surface area contributed by atoms with Crippen molar-refractivity contribution in [2.45, 2.75) is 45.4 Å². The molecule has 0 nitrogen and oxygen atoms in total. The second-order valence-corrected chi connectivity index (χ2v) is 8.41. The molecule has 0 saturated heterocycles. The zero-order valence-electron chi connectivity index (χ0n) is 16.8. The summed E-state index contributed by atoms with van der Waals surface area (Å²) in [5, 5.41) is 0. The molecule has 1 aromatic carbocycles. The van der Waals surface area contributed by atoms with Crippen LogP contribution in [0.4, 0.5) is 0 Å². The molecule has 5 rings (SSSR count). The fourth-order valence-electron chi connectivity index (χ4n) is 5.36. The summed E-state index contributed by atoms with van der Waals surface area (Å²) in [4.78, 5) is 0. The van der Waals surface area contributed by atoms with Gasteiger partial charge in [0.25, 0.3) is 0 Å². The minimum Gasteiger partial charge on any atom is -0.115 e. The number of hydrogen-bond donors (Lipinski definition) is 0. The summed E-state index contributed by atoms with van der Waals surface area (Å²) < 4.78 is 0. The fraction of sp³-hybridized carbons (Fsp3) is 0.286. The van der Waals surface area contributed by atoms with E-state index in [2.05, 4.69) is 74.4 Å². The van der Waals surface area contributed by atoms with Crippen LogP contribution in [-0.4, -0.2) is 0 Å². The first-order valence-electron chi connectivity index (χ1n) is 10.5. The van der Waals surface area contributed by atoms with Crippen molar-refractivity contribution >= 4 is 5.57 Å². The Hall–Kier alpha value is -2.78. The van der Waals surface area contributed by atoms with Crippen molar-refractivity contribution in [3.8, 4) is 12.3 Å². The molecule has 0 fully saturated rings. The van der Waals surface area contributed by atoms with Gasteiger partial charge in [-0.2, -0.15) is 0 Å². The molecular formula is C28H26. The highest BCUT2D eigenvalue weighted by atomic mass is 14.4. The average molecular weight is 363 g/mol. The zero-order chi connectivity index (χ0) is 19.3. The van der Waals surface area contributed by atoms with Crippen LogP contribution in [0.15, 0.2) is 82.5 Å². The first-order chi connectivity index (χ1) is 13.7. The predicted octanol–water partition coefficient (Wildman–Crippen LogP) is 7.04. The van der Waals surface area contributed by atoms with Crippen molar-refractivity contribution < 1.29 is 0 Å². The second kappa shape index (κ2) is 6.68. The second-order valence-electron chi connectivity index (χ2n) is 8.41. The van der Waals surface area contributed by atoms with E-state index >= 15 is 0 Å². The molecule has 0 heteroatoms.